The highest BCUT2D eigenvalue weighted by Gasteiger charge is 2.24. The number of amides is 1. The molecule has 196 valence electrons. The molecule has 37 heavy (non-hydrogen) atoms. The maximum absolute atomic E-state index is 12.9. The van der Waals surface area contributed by atoms with Crippen molar-refractivity contribution in [1.82, 2.24) is 4.90 Å². The molecule has 0 saturated carbocycles. The number of carbonyl (C=O) groups excluding carboxylic acids is 2. The summed E-state index contributed by atoms with van der Waals surface area (Å²) in [6.45, 7) is 5.83. The van der Waals surface area contributed by atoms with E-state index in [-0.39, 0.29) is 6.54 Å². The number of carbonyl (C=O) groups is 2. The Morgan fingerprint density at radius 3 is 2.16 bits per heavy atom. The van der Waals surface area contributed by atoms with Crippen molar-refractivity contribution in [2.45, 2.75) is 38.9 Å². The molecule has 0 heterocycles. The number of methoxy groups -OCH3 is 1. The maximum atomic E-state index is 12.9. The highest BCUT2D eigenvalue weighted by atomic mass is 35.5. The predicted molar refractivity (Wildman–Crippen MR) is 142 cm³/mol. The van der Waals surface area contributed by atoms with E-state index in [0.29, 0.717) is 40.6 Å². The first-order valence-electron chi connectivity index (χ1n) is 11.9. The number of hydrogen-bond acceptors (Lipinski definition) is 6. The van der Waals surface area contributed by atoms with Crippen molar-refractivity contribution in [2.24, 2.45) is 0 Å². The molecule has 3 rings (SSSR count). The van der Waals surface area contributed by atoms with Crippen LogP contribution in [0.5, 0.6) is 11.5 Å². The average Bonchev–Trinajstić information content (AvgIpc) is 2.86. The molecule has 3 aromatic carbocycles. The fourth-order valence-electron chi connectivity index (χ4n) is 3.51. The molecule has 0 fully saturated rings. The number of aliphatic hydroxyl groups excluding tert-OH is 1. The van der Waals surface area contributed by atoms with E-state index in [0.717, 1.165) is 5.56 Å². The van der Waals surface area contributed by atoms with Gasteiger partial charge in [0.2, 0.25) is 0 Å². The van der Waals surface area contributed by atoms with Gasteiger partial charge < -0.3 is 24.2 Å². The lowest BCUT2D eigenvalue weighted by Gasteiger charge is -2.29. The molecule has 0 aliphatic heterocycles. The van der Waals surface area contributed by atoms with E-state index in [1.54, 1.807) is 69.3 Å². The smallest absolute Gasteiger partial charge is 0.410 e. The summed E-state index contributed by atoms with van der Waals surface area (Å²) in [7, 11) is 1.34. The summed E-state index contributed by atoms with van der Waals surface area (Å²) >= 11 is 6.06. The minimum atomic E-state index is -0.910. The Labute approximate surface area is 222 Å². The molecule has 0 radical (unpaired) electrons. The van der Waals surface area contributed by atoms with Gasteiger partial charge in [0.05, 0.1) is 25.3 Å². The van der Waals surface area contributed by atoms with Crippen LogP contribution in [0.1, 0.15) is 48.4 Å². The number of nitrogens with zero attached hydrogens (tertiary/aromatic N) is 1. The molecule has 0 aliphatic carbocycles. The second-order valence-electron chi connectivity index (χ2n) is 9.51. The second-order valence-corrected chi connectivity index (χ2v) is 9.95. The Kier molecular flexibility index (Phi) is 9.55. The first-order chi connectivity index (χ1) is 17.5. The van der Waals surface area contributed by atoms with Crippen molar-refractivity contribution in [3.63, 3.8) is 0 Å². The van der Waals surface area contributed by atoms with E-state index < -0.39 is 23.8 Å². The van der Waals surface area contributed by atoms with Crippen molar-refractivity contribution in [2.75, 3.05) is 20.2 Å². The molecule has 1 atom stereocenters. The molecule has 3 aromatic rings. The third-order valence-corrected chi connectivity index (χ3v) is 5.62. The van der Waals surface area contributed by atoms with Crippen molar-refractivity contribution in [1.29, 1.82) is 0 Å². The van der Waals surface area contributed by atoms with Crippen LogP contribution in [0.2, 0.25) is 5.02 Å². The summed E-state index contributed by atoms with van der Waals surface area (Å²) < 4.78 is 16.1. The highest BCUT2D eigenvalue weighted by molar-refractivity contribution is 6.30. The monoisotopic (exact) mass is 525 g/mol. The zero-order chi connectivity index (χ0) is 27.0. The van der Waals surface area contributed by atoms with Crippen LogP contribution in [-0.2, 0) is 15.9 Å². The van der Waals surface area contributed by atoms with E-state index in [9.17, 15) is 14.7 Å². The highest BCUT2D eigenvalue weighted by Crippen LogP contribution is 2.24. The lowest BCUT2D eigenvalue weighted by Crippen LogP contribution is -2.40. The van der Waals surface area contributed by atoms with Gasteiger partial charge in [0.1, 0.15) is 17.1 Å². The Hall–Kier alpha value is -3.55. The van der Waals surface area contributed by atoms with Gasteiger partial charge >= 0.3 is 12.1 Å². The first kappa shape index (κ1) is 28.0. The Morgan fingerprint density at radius 2 is 1.59 bits per heavy atom. The van der Waals surface area contributed by atoms with Gasteiger partial charge in [-0.25, -0.2) is 9.59 Å². The van der Waals surface area contributed by atoms with Gasteiger partial charge in [-0.1, -0.05) is 35.9 Å². The van der Waals surface area contributed by atoms with E-state index in [2.05, 4.69) is 0 Å². The van der Waals surface area contributed by atoms with Crippen LogP contribution in [-0.4, -0.2) is 47.9 Å². The van der Waals surface area contributed by atoms with Gasteiger partial charge in [0, 0.05) is 11.6 Å². The zero-order valence-corrected chi connectivity index (χ0v) is 22.2. The Morgan fingerprint density at radius 1 is 0.973 bits per heavy atom. The second kappa shape index (κ2) is 12.6. The van der Waals surface area contributed by atoms with E-state index in [1.165, 1.54) is 12.0 Å². The van der Waals surface area contributed by atoms with Gasteiger partial charge in [-0.2, -0.15) is 0 Å². The molecule has 1 amide bonds. The molecule has 0 aromatic heterocycles. The third kappa shape index (κ3) is 8.81. The fourth-order valence-corrected chi connectivity index (χ4v) is 3.71. The standard InChI is InChI=1S/C29H32ClNO6/c1-29(2,3)37-28(34)31(19-26(32)22-6-5-7-23(30)18-22)17-16-20-8-12-24(13-9-20)36-25-14-10-21(11-15-25)27(33)35-4/h5-15,18,26,32H,16-17,19H2,1-4H3/t26-/m0/s1. The minimum Gasteiger partial charge on any atom is -0.465 e. The number of halogens is 1. The minimum absolute atomic E-state index is 0.0675. The summed E-state index contributed by atoms with van der Waals surface area (Å²) in [6.07, 6.45) is -0.855. The number of benzene rings is 3. The summed E-state index contributed by atoms with van der Waals surface area (Å²) in [4.78, 5) is 25.9. The molecule has 0 aliphatic rings. The molecule has 0 spiro atoms. The van der Waals surface area contributed by atoms with Crippen LogP contribution in [0.3, 0.4) is 0 Å². The van der Waals surface area contributed by atoms with E-state index in [1.807, 2.05) is 24.3 Å². The number of ether oxygens (including phenoxy) is 3. The SMILES string of the molecule is COC(=O)c1ccc(Oc2ccc(CCN(C[C@H](O)c3cccc(Cl)c3)C(=O)OC(C)(C)C)cc2)cc1. The van der Waals surface area contributed by atoms with Crippen molar-refractivity contribution in [3.05, 3.63) is 94.5 Å². The van der Waals surface area contributed by atoms with Crippen molar-refractivity contribution >= 4 is 23.7 Å². The van der Waals surface area contributed by atoms with Crippen LogP contribution in [0, 0.1) is 0 Å². The normalized spacial score (nSPS) is 11.9. The van der Waals surface area contributed by atoms with Crippen molar-refractivity contribution in [3.8, 4) is 11.5 Å². The molecule has 8 heteroatoms. The third-order valence-electron chi connectivity index (χ3n) is 5.38. The number of rotatable bonds is 9. The first-order valence-corrected chi connectivity index (χ1v) is 12.3. The lowest BCUT2D eigenvalue weighted by atomic mass is 10.1. The average molecular weight is 526 g/mol. The quantitative estimate of drug-likeness (QED) is 0.324. The van der Waals surface area contributed by atoms with Crippen LogP contribution in [0.25, 0.3) is 0 Å². The fraction of sp³-hybridized carbons (Fsp3) is 0.310. The lowest BCUT2D eigenvalue weighted by molar-refractivity contribution is 0.0147. The molecule has 0 bridgehead atoms. The van der Waals surface area contributed by atoms with Gasteiger partial charge in [-0.15, -0.1) is 0 Å². The number of hydrogen-bond donors (Lipinski definition) is 1. The number of esters is 1. The van der Waals surface area contributed by atoms with E-state index >= 15 is 0 Å². The zero-order valence-electron chi connectivity index (χ0n) is 21.4. The molecule has 1 N–H and O–H groups in total. The Balaban J connectivity index is 1.64. The molecule has 7 nitrogen and oxygen atoms in total. The maximum Gasteiger partial charge on any atom is 0.410 e. The van der Waals surface area contributed by atoms with Gasteiger partial charge in [-0.05, 0) is 86.8 Å². The summed E-state index contributed by atoms with van der Waals surface area (Å²) in [5.74, 6) is 0.817. The van der Waals surface area contributed by atoms with Gasteiger partial charge in [0.25, 0.3) is 0 Å². The summed E-state index contributed by atoms with van der Waals surface area (Å²) in [6, 6.07) is 21.1. The molecular formula is C29H32ClNO6. The molecule has 0 unspecified atom stereocenters. The van der Waals surface area contributed by atoms with Crippen LogP contribution in [0.4, 0.5) is 4.79 Å². The number of aliphatic hydroxyl groups is 1. The Bertz CT molecular complexity index is 1190. The van der Waals surface area contributed by atoms with Crippen molar-refractivity contribution < 1.29 is 28.9 Å². The summed E-state index contributed by atoms with van der Waals surface area (Å²) in [5.41, 5.74) is 1.39. The van der Waals surface area contributed by atoms with Crippen LogP contribution in [0.15, 0.2) is 72.8 Å². The molecular weight excluding hydrogens is 494 g/mol. The van der Waals surface area contributed by atoms with Crippen LogP contribution < -0.4 is 4.74 Å². The topological polar surface area (TPSA) is 85.3 Å². The van der Waals surface area contributed by atoms with Crippen LogP contribution >= 0.6 is 11.6 Å². The predicted octanol–water partition coefficient (Wildman–Crippen LogP) is 6.43. The largest absolute Gasteiger partial charge is 0.465 e. The summed E-state index contributed by atoms with van der Waals surface area (Å²) in [5, 5.41) is 11.3. The van der Waals surface area contributed by atoms with E-state index in [4.69, 9.17) is 25.8 Å². The van der Waals surface area contributed by atoms with Gasteiger partial charge in [-0.3, -0.25) is 0 Å². The molecule has 0 saturated heterocycles. The van der Waals surface area contributed by atoms with Gasteiger partial charge in [0.15, 0.2) is 0 Å².